The van der Waals surface area contributed by atoms with Crippen LogP contribution in [0.15, 0.2) is 36.4 Å². The van der Waals surface area contributed by atoms with E-state index in [1.807, 2.05) is 0 Å². The second-order valence-electron chi connectivity index (χ2n) is 3.15. The van der Waals surface area contributed by atoms with E-state index < -0.39 is 5.95 Å². The highest BCUT2D eigenvalue weighted by atomic mass is 19.1. The fraction of sp³-hybridized carbons (Fsp3) is 0. The first kappa shape index (κ1) is 9.45. The standard InChI is InChI=1S/C11H10FN3/c12-10-6-2-5-9(15-10)7-3-1-4-8(13)11(7)14/h1-6H,13-14H2. The molecule has 15 heavy (non-hydrogen) atoms. The van der Waals surface area contributed by atoms with Gasteiger partial charge in [0.1, 0.15) is 0 Å². The van der Waals surface area contributed by atoms with Gasteiger partial charge < -0.3 is 11.5 Å². The molecule has 0 saturated carbocycles. The minimum atomic E-state index is -0.533. The first-order chi connectivity index (χ1) is 7.18. The molecule has 0 radical (unpaired) electrons. The topological polar surface area (TPSA) is 64.9 Å². The molecule has 0 fully saturated rings. The molecule has 0 unspecified atom stereocenters. The van der Waals surface area contributed by atoms with Crippen LogP contribution >= 0.6 is 0 Å². The van der Waals surface area contributed by atoms with Crippen molar-refractivity contribution in [2.45, 2.75) is 0 Å². The summed E-state index contributed by atoms with van der Waals surface area (Å²) in [6.45, 7) is 0. The number of hydrogen-bond donors (Lipinski definition) is 2. The van der Waals surface area contributed by atoms with Gasteiger partial charge in [-0.05, 0) is 18.2 Å². The number of benzene rings is 1. The molecule has 4 N–H and O–H groups in total. The summed E-state index contributed by atoms with van der Waals surface area (Å²) in [5.41, 5.74) is 13.5. The number of anilines is 2. The Hall–Kier alpha value is -2.10. The van der Waals surface area contributed by atoms with Crippen LogP contribution in [0, 0.1) is 5.95 Å². The monoisotopic (exact) mass is 203 g/mol. The van der Waals surface area contributed by atoms with Crippen molar-refractivity contribution >= 4 is 11.4 Å². The molecular weight excluding hydrogens is 193 g/mol. The van der Waals surface area contributed by atoms with E-state index in [-0.39, 0.29) is 0 Å². The van der Waals surface area contributed by atoms with Gasteiger partial charge in [-0.25, -0.2) is 4.98 Å². The van der Waals surface area contributed by atoms with Crippen molar-refractivity contribution in [1.82, 2.24) is 4.98 Å². The Morgan fingerprint density at radius 1 is 1.00 bits per heavy atom. The van der Waals surface area contributed by atoms with Crippen molar-refractivity contribution in [2.24, 2.45) is 0 Å². The fourth-order valence-electron chi connectivity index (χ4n) is 1.36. The highest BCUT2D eigenvalue weighted by Gasteiger charge is 2.06. The number of rotatable bonds is 1. The summed E-state index contributed by atoms with van der Waals surface area (Å²) in [4.78, 5) is 3.74. The van der Waals surface area contributed by atoms with E-state index in [4.69, 9.17) is 11.5 Å². The van der Waals surface area contributed by atoms with Crippen LogP contribution in [-0.2, 0) is 0 Å². The summed E-state index contributed by atoms with van der Waals surface area (Å²) in [6, 6.07) is 9.76. The minimum absolute atomic E-state index is 0.426. The Morgan fingerprint density at radius 3 is 2.47 bits per heavy atom. The molecule has 76 valence electrons. The van der Waals surface area contributed by atoms with Gasteiger partial charge in [-0.1, -0.05) is 18.2 Å². The van der Waals surface area contributed by atoms with E-state index in [2.05, 4.69) is 4.98 Å². The lowest BCUT2D eigenvalue weighted by Gasteiger charge is -2.06. The Morgan fingerprint density at radius 2 is 1.73 bits per heavy atom. The first-order valence-corrected chi connectivity index (χ1v) is 4.45. The van der Waals surface area contributed by atoms with Gasteiger partial charge in [-0.2, -0.15) is 4.39 Å². The molecule has 0 aliphatic rings. The molecule has 1 aromatic heterocycles. The molecule has 0 amide bonds. The Kier molecular flexibility index (Phi) is 2.25. The van der Waals surface area contributed by atoms with Crippen molar-refractivity contribution < 1.29 is 4.39 Å². The number of aromatic nitrogens is 1. The zero-order chi connectivity index (χ0) is 10.8. The van der Waals surface area contributed by atoms with Crippen molar-refractivity contribution in [3.63, 3.8) is 0 Å². The van der Waals surface area contributed by atoms with E-state index in [0.717, 1.165) is 0 Å². The highest BCUT2D eigenvalue weighted by molar-refractivity contribution is 5.82. The molecule has 0 saturated heterocycles. The van der Waals surface area contributed by atoms with Gasteiger partial charge in [0, 0.05) is 5.56 Å². The highest BCUT2D eigenvalue weighted by Crippen LogP contribution is 2.28. The van der Waals surface area contributed by atoms with E-state index >= 15 is 0 Å². The van der Waals surface area contributed by atoms with Crippen LogP contribution in [0.1, 0.15) is 0 Å². The number of nitrogen functional groups attached to an aromatic ring is 2. The number of nitrogens with two attached hydrogens (primary N) is 2. The lowest BCUT2D eigenvalue weighted by Crippen LogP contribution is -1.98. The van der Waals surface area contributed by atoms with Gasteiger partial charge in [0.15, 0.2) is 0 Å². The van der Waals surface area contributed by atoms with E-state index in [1.54, 1.807) is 30.3 Å². The molecule has 2 rings (SSSR count). The quantitative estimate of drug-likeness (QED) is 0.550. The minimum Gasteiger partial charge on any atom is -0.397 e. The summed E-state index contributed by atoms with van der Waals surface area (Å²) in [6.07, 6.45) is 0. The second-order valence-corrected chi connectivity index (χ2v) is 3.15. The van der Waals surface area contributed by atoms with Gasteiger partial charge in [0.25, 0.3) is 0 Å². The van der Waals surface area contributed by atoms with Crippen LogP contribution in [0.4, 0.5) is 15.8 Å². The molecule has 4 heteroatoms. The largest absolute Gasteiger partial charge is 0.397 e. The molecule has 0 spiro atoms. The molecule has 1 aromatic carbocycles. The van der Waals surface area contributed by atoms with Crippen LogP contribution in [0.3, 0.4) is 0 Å². The fourth-order valence-corrected chi connectivity index (χ4v) is 1.36. The number of para-hydroxylation sites is 1. The molecule has 0 bridgehead atoms. The zero-order valence-corrected chi connectivity index (χ0v) is 7.94. The molecule has 3 nitrogen and oxygen atoms in total. The van der Waals surface area contributed by atoms with E-state index in [9.17, 15) is 4.39 Å². The van der Waals surface area contributed by atoms with Crippen LogP contribution in [0.5, 0.6) is 0 Å². The Bertz CT molecular complexity index is 497. The predicted molar refractivity (Wildman–Crippen MR) is 58.5 cm³/mol. The smallest absolute Gasteiger partial charge is 0.213 e. The molecule has 0 aliphatic heterocycles. The number of pyridine rings is 1. The third-order valence-corrected chi connectivity index (χ3v) is 2.13. The van der Waals surface area contributed by atoms with Crippen LogP contribution in [0.25, 0.3) is 11.3 Å². The summed E-state index contributed by atoms with van der Waals surface area (Å²) >= 11 is 0. The summed E-state index contributed by atoms with van der Waals surface area (Å²) < 4.78 is 12.9. The predicted octanol–water partition coefficient (Wildman–Crippen LogP) is 2.05. The summed E-state index contributed by atoms with van der Waals surface area (Å²) in [5.74, 6) is -0.533. The number of halogens is 1. The molecule has 1 heterocycles. The lowest BCUT2D eigenvalue weighted by atomic mass is 10.1. The van der Waals surface area contributed by atoms with Gasteiger partial charge in [-0.15, -0.1) is 0 Å². The average molecular weight is 203 g/mol. The van der Waals surface area contributed by atoms with Gasteiger partial charge in [0.2, 0.25) is 5.95 Å². The maximum Gasteiger partial charge on any atom is 0.213 e. The maximum absolute atomic E-state index is 12.9. The maximum atomic E-state index is 12.9. The normalized spacial score (nSPS) is 10.2. The summed E-state index contributed by atoms with van der Waals surface area (Å²) in [7, 11) is 0. The lowest BCUT2D eigenvalue weighted by molar-refractivity contribution is 0.585. The van der Waals surface area contributed by atoms with Gasteiger partial charge >= 0.3 is 0 Å². The first-order valence-electron chi connectivity index (χ1n) is 4.45. The van der Waals surface area contributed by atoms with Crippen LogP contribution < -0.4 is 11.5 Å². The van der Waals surface area contributed by atoms with Crippen molar-refractivity contribution in [2.75, 3.05) is 11.5 Å². The zero-order valence-electron chi connectivity index (χ0n) is 7.94. The van der Waals surface area contributed by atoms with Crippen molar-refractivity contribution in [1.29, 1.82) is 0 Å². The van der Waals surface area contributed by atoms with E-state index in [1.165, 1.54) is 6.07 Å². The average Bonchev–Trinajstić information content (AvgIpc) is 2.22. The van der Waals surface area contributed by atoms with Crippen molar-refractivity contribution in [3.05, 3.63) is 42.3 Å². The molecule has 0 aliphatic carbocycles. The Balaban J connectivity index is 2.59. The SMILES string of the molecule is Nc1cccc(-c2cccc(F)n2)c1N. The number of nitrogens with zero attached hydrogens (tertiary/aromatic N) is 1. The molecular formula is C11H10FN3. The molecule has 0 atom stereocenters. The van der Waals surface area contributed by atoms with E-state index in [0.29, 0.717) is 22.6 Å². The summed E-state index contributed by atoms with van der Waals surface area (Å²) in [5, 5.41) is 0. The Labute approximate surface area is 86.6 Å². The van der Waals surface area contributed by atoms with Crippen LogP contribution in [0.2, 0.25) is 0 Å². The van der Waals surface area contributed by atoms with Crippen molar-refractivity contribution in [3.8, 4) is 11.3 Å². The van der Waals surface area contributed by atoms with Gasteiger partial charge in [0.05, 0.1) is 17.1 Å². The number of hydrogen-bond acceptors (Lipinski definition) is 3. The third kappa shape index (κ3) is 1.74. The molecule has 2 aromatic rings. The third-order valence-electron chi connectivity index (χ3n) is 2.13. The van der Waals surface area contributed by atoms with Gasteiger partial charge in [-0.3, -0.25) is 0 Å². The van der Waals surface area contributed by atoms with Crippen LogP contribution in [-0.4, -0.2) is 4.98 Å². The second kappa shape index (κ2) is 3.57.